The van der Waals surface area contributed by atoms with Gasteiger partial charge in [0.1, 0.15) is 0 Å². The van der Waals surface area contributed by atoms with Crippen LogP contribution in [0.2, 0.25) is 0 Å². The van der Waals surface area contributed by atoms with E-state index < -0.39 is 11.9 Å². The molecular weight excluding hydrogens is 252 g/mol. The highest BCUT2D eigenvalue weighted by molar-refractivity contribution is 5.89. The van der Waals surface area contributed by atoms with Crippen molar-refractivity contribution < 1.29 is 30.0 Å². The molecule has 0 aliphatic rings. The molecule has 0 radical (unpaired) electrons. The summed E-state index contributed by atoms with van der Waals surface area (Å²) in [6.07, 6.45) is 9.01. The highest BCUT2D eigenvalue weighted by Gasteiger charge is 1.89. The van der Waals surface area contributed by atoms with Crippen molar-refractivity contribution >= 4 is 11.9 Å². The molecule has 0 aliphatic heterocycles. The van der Waals surface area contributed by atoms with Crippen LogP contribution in [0.25, 0.3) is 0 Å². The molecule has 112 valence electrons. The van der Waals surface area contributed by atoms with Crippen LogP contribution in [0.5, 0.6) is 0 Å². The lowest BCUT2D eigenvalue weighted by molar-refractivity contribution is -0.134. The summed E-state index contributed by atoms with van der Waals surface area (Å²) in [6.45, 7) is 0.660. The number of unbranched alkanes of at least 4 members (excludes halogenated alkanes) is 6. The molecule has 0 atom stereocenters. The van der Waals surface area contributed by atoms with Crippen LogP contribution in [0.4, 0.5) is 0 Å². The van der Waals surface area contributed by atoms with E-state index in [4.69, 9.17) is 20.4 Å². The van der Waals surface area contributed by atoms with E-state index in [1.165, 1.54) is 19.3 Å². The summed E-state index contributed by atoms with van der Waals surface area (Å²) in [5.41, 5.74) is 0. The fourth-order valence-corrected chi connectivity index (χ4v) is 1.25. The van der Waals surface area contributed by atoms with Crippen LogP contribution in [0.3, 0.4) is 0 Å². The van der Waals surface area contributed by atoms with Crippen molar-refractivity contribution in [3.63, 3.8) is 0 Å². The molecule has 0 fully saturated rings. The van der Waals surface area contributed by atoms with E-state index in [-0.39, 0.29) is 0 Å². The molecule has 0 saturated carbocycles. The van der Waals surface area contributed by atoms with Crippen LogP contribution in [0.1, 0.15) is 44.9 Å². The summed E-state index contributed by atoms with van der Waals surface area (Å²) in [5, 5.41) is 32.6. The van der Waals surface area contributed by atoms with Gasteiger partial charge in [-0.25, -0.2) is 9.59 Å². The molecule has 0 aliphatic carbocycles. The topological polar surface area (TPSA) is 115 Å². The fraction of sp³-hybridized carbons (Fsp3) is 0.692. The number of carboxylic acids is 2. The summed E-state index contributed by atoms with van der Waals surface area (Å²) in [4.78, 5) is 19.1. The Morgan fingerprint density at radius 3 is 1.11 bits per heavy atom. The third-order valence-electron chi connectivity index (χ3n) is 2.18. The molecule has 0 rings (SSSR count). The van der Waals surface area contributed by atoms with Crippen LogP contribution in [0, 0.1) is 0 Å². The summed E-state index contributed by atoms with van der Waals surface area (Å²) in [7, 11) is 0. The number of rotatable bonds is 10. The number of hydrogen-bond acceptors (Lipinski definition) is 4. The zero-order valence-electron chi connectivity index (χ0n) is 11.1. The van der Waals surface area contributed by atoms with Crippen molar-refractivity contribution in [2.75, 3.05) is 13.2 Å². The average Bonchev–Trinajstić information content (AvgIpc) is 2.36. The Labute approximate surface area is 113 Å². The second kappa shape index (κ2) is 16.6. The van der Waals surface area contributed by atoms with E-state index in [2.05, 4.69) is 0 Å². The van der Waals surface area contributed by atoms with Crippen LogP contribution in [-0.4, -0.2) is 45.6 Å². The molecule has 0 bridgehead atoms. The van der Waals surface area contributed by atoms with Gasteiger partial charge in [-0.2, -0.15) is 0 Å². The largest absolute Gasteiger partial charge is 0.478 e. The number of aliphatic hydroxyl groups excluding tert-OH is 2. The highest BCUT2D eigenvalue weighted by Crippen LogP contribution is 2.06. The van der Waals surface area contributed by atoms with Gasteiger partial charge in [-0.05, 0) is 12.8 Å². The fourth-order valence-electron chi connectivity index (χ4n) is 1.25. The molecular formula is C13H24O6. The van der Waals surface area contributed by atoms with Crippen molar-refractivity contribution in [2.24, 2.45) is 0 Å². The van der Waals surface area contributed by atoms with E-state index in [1.54, 1.807) is 0 Å². The van der Waals surface area contributed by atoms with Crippen LogP contribution < -0.4 is 0 Å². The molecule has 0 spiro atoms. The number of carboxylic acid groups (broad SMARTS) is 2. The Bertz CT molecular complexity index is 226. The Hall–Kier alpha value is -1.40. The molecule has 6 nitrogen and oxygen atoms in total. The molecule has 0 aromatic heterocycles. The van der Waals surface area contributed by atoms with Gasteiger partial charge in [0.2, 0.25) is 0 Å². The predicted molar refractivity (Wildman–Crippen MR) is 70.9 cm³/mol. The number of aliphatic hydroxyl groups is 2. The molecule has 6 heteroatoms. The summed E-state index contributed by atoms with van der Waals surface area (Å²) in [6, 6.07) is 0. The van der Waals surface area contributed by atoms with Crippen LogP contribution in [0.15, 0.2) is 12.2 Å². The van der Waals surface area contributed by atoms with Gasteiger partial charge in [0.25, 0.3) is 0 Å². The Morgan fingerprint density at radius 1 is 0.632 bits per heavy atom. The quantitative estimate of drug-likeness (QED) is 0.354. The maximum absolute atomic E-state index is 9.55. The van der Waals surface area contributed by atoms with Gasteiger partial charge >= 0.3 is 11.9 Å². The Balaban J connectivity index is 0. The second-order valence-electron chi connectivity index (χ2n) is 3.93. The van der Waals surface area contributed by atoms with E-state index in [1.807, 2.05) is 0 Å². The van der Waals surface area contributed by atoms with E-state index >= 15 is 0 Å². The highest BCUT2D eigenvalue weighted by atomic mass is 16.4. The number of carbonyl (C=O) groups is 2. The molecule has 0 aromatic carbocycles. The summed E-state index contributed by atoms with van der Waals surface area (Å²) in [5.74, 6) is -2.51. The van der Waals surface area contributed by atoms with Crippen molar-refractivity contribution in [3.8, 4) is 0 Å². The third kappa shape index (κ3) is 26.3. The molecule has 0 amide bonds. The lowest BCUT2D eigenvalue weighted by Gasteiger charge is -1.98. The first kappa shape index (κ1) is 19.9. The predicted octanol–water partition coefficient (Wildman–Crippen LogP) is 1.41. The van der Waals surface area contributed by atoms with Crippen LogP contribution in [-0.2, 0) is 9.59 Å². The maximum atomic E-state index is 9.55. The standard InChI is InChI=1S/C9H20O2.C4H4O4/c10-8-6-4-2-1-3-5-7-9-11;5-3(6)1-2-4(7)8/h10-11H,1-9H2;1-2H,(H,5,6)(H,7,8)/b;2-1-. The molecule has 4 N–H and O–H groups in total. The second-order valence-corrected chi connectivity index (χ2v) is 3.93. The van der Waals surface area contributed by atoms with Crippen LogP contribution >= 0.6 is 0 Å². The van der Waals surface area contributed by atoms with Gasteiger partial charge in [0.05, 0.1) is 0 Å². The molecule has 0 saturated heterocycles. The maximum Gasteiger partial charge on any atom is 0.328 e. The van der Waals surface area contributed by atoms with E-state index in [0.717, 1.165) is 25.7 Å². The SMILES string of the molecule is O=C(O)/C=C\C(=O)O.OCCCCCCCCCO. The van der Waals surface area contributed by atoms with Gasteiger partial charge in [-0.15, -0.1) is 0 Å². The zero-order chi connectivity index (χ0) is 14.9. The normalized spacial score (nSPS) is 10.0. The minimum absolute atomic E-state index is 0.330. The first-order valence-electron chi connectivity index (χ1n) is 6.40. The van der Waals surface area contributed by atoms with E-state index in [9.17, 15) is 9.59 Å². The smallest absolute Gasteiger partial charge is 0.328 e. The van der Waals surface area contributed by atoms with Crippen molar-refractivity contribution in [3.05, 3.63) is 12.2 Å². The first-order chi connectivity index (χ1) is 9.04. The third-order valence-corrected chi connectivity index (χ3v) is 2.18. The van der Waals surface area contributed by atoms with Gasteiger partial charge < -0.3 is 20.4 Å². The van der Waals surface area contributed by atoms with Gasteiger partial charge in [-0.1, -0.05) is 32.1 Å². The lowest BCUT2D eigenvalue weighted by Crippen LogP contribution is -1.91. The van der Waals surface area contributed by atoms with Crippen molar-refractivity contribution in [1.29, 1.82) is 0 Å². The molecule has 0 aromatic rings. The number of hydrogen-bond donors (Lipinski definition) is 4. The van der Waals surface area contributed by atoms with Gasteiger partial charge in [0, 0.05) is 25.4 Å². The lowest BCUT2D eigenvalue weighted by atomic mass is 10.1. The molecule has 0 unspecified atom stereocenters. The number of aliphatic carboxylic acids is 2. The monoisotopic (exact) mass is 276 g/mol. The van der Waals surface area contributed by atoms with Crippen molar-refractivity contribution in [2.45, 2.75) is 44.9 Å². The summed E-state index contributed by atoms with van der Waals surface area (Å²) < 4.78 is 0. The Morgan fingerprint density at radius 2 is 0.895 bits per heavy atom. The zero-order valence-corrected chi connectivity index (χ0v) is 11.1. The van der Waals surface area contributed by atoms with Crippen molar-refractivity contribution in [1.82, 2.24) is 0 Å². The van der Waals surface area contributed by atoms with Gasteiger partial charge in [-0.3, -0.25) is 0 Å². The molecule has 19 heavy (non-hydrogen) atoms. The molecule has 0 heterocycles. The minimum Gasteiger partial charge on any atom is -0.478 e. The van der Waals surface area contributed by atoms with Gasteiger partial charge in [0.15, 0.2) is 0 Å². The minimum atomic E-state index is -1.26. The summed E-state index contributed by atoms with van der Waals surface area (Å²) >= 11 is 0. The average molecular weight is 276 g/mol. The van der Waals surface area contributed by atoms with E-state index in [0.29, 0.717) is 25.4 Å². The Kier molecular flexibility index (Phi) is 17.4. The first-order valence-corrected chi connectivity index (χ1v) is 6.40.